The molecule has 0 saturated carbocycles. The molecule has 2 N–H and O–H groups in total. The van der Waals surface area contributed by atoms with Gasteiger partial charge in [-0.2, -0.15) is 0 Å². The first kappa shape index (κ1) is 20.3. The largest absolute Gasteiger partial charge is 0.324 e. The molecule has 3 rings (SSSR count). The number of carbonyl (C=O) groups is 2. The molecular weight excluding hydrogens is 415 g/mol. The number of nitrogens with one attached hydrogen (secondary N) is 2. The van der Waals surface area contributed by atoms with E-state index in [2.05, 4.69) is 10.6 Å². The zero-order valence-electron chi connectivity index (χ0n) is 14.6. The van der Waals surface area contributed by atoms with Crippen LogP contribution in [0.1, 0.15) is 10.4 Å². The van der Waals surface area contributed by atoms with Crippen LogP contribution in [0.2, 0.25) is 10.0 Å². The van der Waals surface area contributed by atoms with E-state index >= 15 is 0 Å². The predicted octanol–water partition coefficient (Wildman–Crippen LogP) is 5.98. The van der Waals surface area contributed by atoms with Gasteiger partial charge in [0.25, 0.3) is 5.91 Å². The van der Waals surface area contributed by atoms with Gasteiger partial charge in [0.15, 0.2) is 0 Å². The van der Waals surface area contributed by atoms with Gasteiger partial charge in [-0.1, -0.05) is 41.4 Å². The van der Waals surface area contributed by atoms with Crippen molar-refractivity contribution in [3.8, 4) is 0 Å². The summed E-state index contributed by atoms with van der Waals surface area (Å²) < 4.78 is 0. The fourth-order valence-corrected chi connectivity index (χ4v) is 3.44. The van der Waals surface area contributed by atoms with Crippen molar-refractivity contribution in [1.82, 2.24) is 0 Å². The monoisotopic (exact) mass is 430 g/mol. The van der Waals surface area contributed by atoms with Gasteiger partial charge in [-0.15, -0.1) is 11.8 Å². The van der Waals surface area contributed by atoms with Crippen LogP contribution in [0.15, 0.2) is 77.7 Å². The van der Waals surface area contributed by atoms with Crippen molar-refractivity contribution in [2.75, 3.05) is 16.4 Å². The molecule has 3 aromatic rings. The lowest BCUT2D eigenvalue weighted by molar-refractivity contribution is -0.113. The number of halogens is 2. The van der Waals surface area contributed by atoms with Crippen molar-refractivity contribution in [3.63, 3.8) is 0 Å². The summed E-state index contributed by atoms with van der Waals surface area (Å²) in [6.07, 6.45) is 0. The Bertz CT molecular complexity index is 994. The summed E-state index contributed by atoms with van der Waals surface area (Å²) in [6.45, 7) is 0. The number of hydrogen-bond donors (Lipinski definition) is 2. The summed E-state index contributed by atoms with van der Waals surface area (Å²) in [4.78, 5) is 25.2. The number of benzene rings is 3. The number of anilines is 2. The van der Waals surface area contributed by atoms with Crippen LogP contribution in [0.25, 0.3) is 0 Å². The first-order chi connectivity index (χ1) is 13.5. The van der Waals surface area contributed by atoms with E-state index in [4.69, 9.17) is 23.2 Å². The normalized spacial score (nSPS) is 10.4. The maximum atomic E-state index is 12.2. The molecule has 0 aromatic heterocycles. The lowest BCUT2D eigenvalue weighted by atomic mass is 10.2. The fourth-order valence-electron chi connectivity index (χ4n) is 2.37. The summed E-state index contributed by atoms with van der Waals surface area (Å²) in [7, 11) is 0. The molecule has 0 atom stereocenters. The topological polar surface area (TPSA) is 58.2 Å². The SMILES string of the molecule is O=C(CSc1ccc(NC(=O)c2cccc(Cl)c2)cc1)Nc1ccccc1Cl. The van der Waals surface area contributed by atoms with Crippen molar-refractivity contribution in [3.05, 3.63) is 88.4 Å². The number of hydrogen-bond acceptors (Lipinski definition) is 3. The molecule has 0 fully saturated rings. The lowest BCUT2D eigenvalue weighted by Crippen LogP contribution is -2.14. The first-order valence-corrected chi connectivity index (χ1v) is 10.1. The lowest BCUT2D eigenvalue weighted by Gasteiger charge is -2.08. The molecule has 0 radical (unpaired) electrons. The van der Waals surface area contributed by atoms with E-state index in [1.54, 1.807) is 54.6 Å². The van der Waals surface area contributed by atoms with Crippen LogP contribution in [-0.2, 0) is 4.79 Å². The molecule has 0 aliphatic carbocycles. The second kappa shape index (κ2) is 9.64. The first-order valence-electron chi connectivity index (χ1n) is 8.35. The third-order valence-corrected chi connectivity index (χ3v) is 5.29. The molecular formula is C21H16Cl2N2O2S. The smallest absolute Gasteiger partial charge is 0.255 e. The average Bonchev–Trinajstić information content (AvgIpc) is 2.69. The van der Waals surface area contributed by atoms with Gasteiger partial charge in [0.2, 0.25) is 5.91 Å². The Morgan fingerprint density at radius 2 is 1.61 bits per heavy atom. The highest BCUT2D eigenvalue weighted by atomic mass is 35.5. The van der Waals surface area contributed by atoms with Crippen LogP contribution in [0, 0.1) is 0 Å². The van der Waals surface area contributed by atoms with Crippen molar-refractivity contribution in [2.24, 2.45) is 0 Å². The summed E-state index contributed by atoms with van der Waals surface area (Å²) in [5.41, 5.74) is 1.74. The second-order valence-electron chi connectivity index (χ2n) is 5.81. The van der Waals surface area contributed by atoms with Crippen LogP contribution in [0.5, 0.6) is 0 Å². The van der Waals surface area contributed by atoms with Crippen LogP contribution >= 0.6 is 35.0 Å². The van der Waals surface area contributed by atoms with E-state index in [0.29, 0.717) is 27.0 Å². The third kappa shape index (κ3) is 5.76. The zero-order valence-corrected chi connectivity index (χ0v) is 16.9. The molecule has 2 amide bonds. The van der Waals surface area contributed by atoms with Gasteiger partial charge >= 0.3 is 0 Å². The van der Waals surface area contributed by atoms with E-state index in [9.17, 15) is 9.59 Å². The minimum Gasteiger partial charge on any atom is -0.324 e. The molecule has 0 bridgehead atoms. The Morgan fingerprint density at radius 1 is 0.857 bits per heavy atom. The van der Waals surface area contributed by atoms with Gasteiger partial charge in [-0.25, -0.2) is 0 Å². The number of rotatable bonds is 6. The Balaban J connectivity index is 1.52. The van der Waals surface area contributed by atoms with Gasteiger partial charge in [-0.05, 0) is 54.6 Å². The molecule has 0 unspecified atom stereocenters. The molecule has 0 heterocycles. The number of carbonyl (C=O) groups excluding carboxylic acids is 2. The van der Waals surface area contributed by atoms with Gasteiger partial charge in [-0.3, -0.25) is 9.59 Å². The van der Waals surface area contributed by atoms with Crippen molar-refractivity contribution < 1.29 is 9.59 Å². The highest BCUT2D eigenvalue weighted by Gasteiger charge is 2.08. The summed E-state index contributed by atoms with van der Waals surface area (Å²) in [5.74, 6) is -0.127. The van der Waals surface area contributed by atoms with Gasteiger partial charge in [0.1, 0.15) is 0 Å². The fraction of sp³-hybridized carbons (Fsp3) is 0.0476. The molecule has 7 heteroatoms. The van der Waals surface area contributed by atoms with E-state index in [-0.39, 0.29) is 17.6 Å². The van der Waals surface area contributed by atoms with Crippen LogP contribution in [-0.4, -0.2) is 17.6 Å². The minimum atomic E-state index is -0.234. The predicted molar refractivity (Wildman–Crippen MR) is 117 cm³/mol. The van der Waals surface area contributed by atoms with E-state index in [0.717, 1.165) is 4.90 Å². The van der Waals surface area contributed by atoms with Gasteiger partial charge in [0.05, 0.1) is 16.5 Å². The third-order valence-electron chi connectivity index (χ3n) is 3.72. The minimum absolute atomic E-state index is 0.142. The van der Waals surface area contributed by atoms with Crippen LogP contribution < -0.4 is 10.6 Å². The van der Waals surface area contributed by atoms with Gasteiger partial charge < -0.3 is 10.6 Å². The van der Waals surface area contributed by atoms with E-state index in [1.807, 2.05) is 18.2 Å². The molecule has 28 heavy (non-hydrogen) atoms. The summed E-state index contributed by atoms with van der Waals surface area (Å²) in [6, 6.07) is 21.1. The molecule has 3 aromatic carbocycles. The average molecular weight is 431 g/mol. The molecule has 142 valence electrons. The van der Waals surface area contributed by atoms with Crippen LogP contribution in [0.3, 0.4) is 0 Å². The molecule has 0 spiro atoms. The van der Waals surface area contributed by atoms with Crippen molar-refractivity contribution in [2.45, 2.75) is 4.90 Å². The Morgan fingerprint density at radius 3 is 2.32 bits per heavy atom. The Hall–Kier alpha value is -2.47. The standard InChI is InChI=1S/C21H16Cl2N2O2S/c22-15-5-3-4-14(12-15)21(27)24-16-8-10-17(11-9-16)28-13-20(26)25-19-7-2-1-6-18(19)23/h1-12H,13H2,(H,24,27)(H,25,26). The van der Waals surface area contributed by atoms with E-state index < -0.39 is 0 Å². The maximum Gasteiger partial charge on any atom is 0.255 e. The summed E-state index contributed by atoms with van der Waals surface area (Å²) >= 11 is 13.3. The highest BCUT2D eigenvalue weighted by Crippen LogP contribution is 2.23. The number of thioether (sulfide) groups is 1. The van der Waals surface area contributed by atoms with Crippen molar-refractivity contribution >= 4 is 58.2 Å². The number of amides is 2. The maximum absolute atomic E-state index is 12.2. The Kier molecular flexibility index (Phi) is 6.98. The summed E-state index contributed by atoms with van der Waals surface area (Å²) in [5, 5.41) is 6.61. The van der Waals surface area contributed by atoms with E-state index in [1.165, 1.54) is 11.8 Å². The van der Waals surface area contributed by atoms with Crippen LogP contribution in [0.4, 0.5) is 11.4 Å². The molecule has 4 nitrogen and oxygen atoms in total. The highest BCUT2D eigenvalue weighted by molar-refractivity contribution is 8.00. The second-order valence-corrected chi connectivity index (χ2v) is 7.70. The zero-order chi connectivity index (χ0) is 19.9. The molecule has 0 saturated heterocycles. The quantitative estimate of drug-likeness (QED) is 0.473. The Labute approximate surface area is 177 Å². The van der Waals surface area contributed by atoms with Gasteiger partial charge in [0, 0.05) is 21.2 Å². The van der Waals surface area contributed by atoms with Crippen molar-refractivity contribution in [1.29, 1.82) is 0 Å². The molecule has 0 aliphatic heterocycles. The molecule has 0 aliphatic rings. The number of para-hydroxylation sites is 1.